The third-order valence-corrected chi connectivity index (χ3v) is 5.15. The summed E-state index contributed by atoms with van der Waals surface area (Å²) in [6.07, 6.45) is 1.14. The molecule has 20 heavy (non-hydrogen) atoms. The number of aryl methyl sites for hydroxylation is 1. The molecule has 0 spiro atoms. The van der Waals surface area contributed by atoms with Crippen molar-refractivity contribution in [3.63, 3.8) is 0 Å². The molecule has 0 fully saturated rings. The van der Waals surface area contributed by atoms with E-state index in [-0.39, 0.29) is 10.6 Å². The van der Waals surface area contributed by atoms with Crippen molar-refractivity contribution in [2.75, 3.05) is 4.72 Å². The Balaban J connectivity index is 2.23. The van der Waals surface area contributed by atoms with Gasteiger partial charge in [-0.05, 0) is 24.6 Å². The van der Waals surface area contributed by atoms with Gasteiger partial charge in [-0.3, -0.25) is 9.52 Å². The zero-order valence-corrected chi connectivity index (χ0v) is 12.2. The molecule has 1 aromatic carbocycles. The predicted octanol–water partition coefficient (Wildman–Crippen LogP) is 1.88. The number of nitrogens with one attached hydrogen (secondary N) is 1. The van der Waals surface area contributed by atoms with Crippen molar-refractivity contribution in [3.05, 3.63) is 41.0 Å². The molecule has 1 aromatic heterocycles. The van der Waals surface area contributed by atoms with Gasteiger partial charge in [0, 0.05) is 5.69 Å². The van der Waals surface area contributed by atoms with E-state index in [0.717, 1.165) is 11.3 Å². The molecule has 0 aliphatic rings. The monoisotopic (exact) mass is 312 g/mol. The minimum atomic E-state index is -3.68. The van der Waals surface area contributed by atoms with E-state index >= 15 is 0 Å². The number of thiazole rings is 1. The molecule has 2 N–H and O–H groups in total. The van der Waals surface area contributed by atoms with Crippen LogP contribution in [-0.4, -0.2) is 24.5 Å². The smallest absolute Gasteiger partial charge is 0.307 e. The van der Waals surface area contributed by atoms with Crippen LogP contribution in [0.1, 0.15) is 10.6 Å². The van der Waals surface area contributed by atoms with E-state index in [0.29, 0.717) is 16.3 Å². The quantitative estimate of drug-likeness (QED) is 0.878. The van der Waals surface area contributed by atoms with Crippen LogP contribution < -0.4 is 4.72 Å². The van der Waals surface area contributed by atoms with Crippen molar-refractivity contribution in [1.82, 2.24) is 4.98 Å². The molecule has 2 aromatic rings. The third-order valence-electron chi connectivity index (χ3n) is 2.40. The van der Waals surface area contributed by atoms with E-state index in [2.05, 4.69) is 9.71 Å². The maximum absolute atomic E-state index is 12.1. The number of nitrogens with zero attached hydrogens (tertiary/aromatic N) is 1. The molecular formula is C12H12N2O4S2. The predicted molar refractivity (Wildman–Crippen MR) is 75.4 cm³/mol. The van der Waals surface area contributed by atoms with Crippen LogP contribution in [0, 0.1) is 6.92 Å². The average molecular weight is 312 g/mol. The summed E-state index contributed by atoms with van der Waals surface area (Å²) in [5.74, 6) is -0.969. The van der Waals surface area contributed by atoms with E-state index in [9.17, 15) is 13.2 Å². The van der Waals surface area contributed by atoms with Crippen molar-refractivity contribution in [3.8, 4) is 0 Å². The lowest BCUT2D eigenvalue weighted by molar-refractivity contribution is -0.136. The zero-order valence-electron chi connectivity index (χ0n) is 10.5. The van der Waals surface area contributed by atoms with Gasteiger partial charge in [-0.25, -0.2) is 13.4 Å². The van der Waals surface area contributed by atoms with E-state index in [1.807, 2.05) is 0 Å². The number of benzene rings is 1. The molecule has 0 amide bonds. The molecule has 0 saturated carbocycles. The normalized spacial score (nSPS) is 11.2. The maximum atomic E-state index is 12.1. The van der Waals surface area contributed by atoms with Crippen molar-refractivity contribution < 1.29 is 18.3 Å². The second kappa shape index (κ2) is 5.59. The Morgan fingerprint density at radius 3 is 2.80 bits per heavy atom. The highest BCUT2D eigenvalue weighted by Gasteiger charge is 2.17. The van der Waals surface area contributed by atoms with Crippen LogP contribution in [0.2, 0.25) is 0 Å². The molecule has 0 unspecified atom stereocenters. The van der Waals surface area contributed by atoms with E-state index < -0.39 is 16.0 Å². The Hall–Kier alpha value is -1.93. The van der Waals surface area contributed by atoms with Gasteiger partial charge in [0.1, 0.15) is 0 Å². The second-order valence-electron chi connectivity index (χ2n) is 4.07. The van der Waals surface area contributed by atoms with E-state index in [1.165, 1.54) is 12.3 Å². The number of anilines is 1. The fraction of sp³-hybridized carbons (Fsp3) is 0.167. The van der Waals surface area contributed by atoms with Gasteiger partial charge < -0.3 is 5.11 Å². The van der Waals surface area contributed by atoms with Gasteiger partial charge in [-0.1, -0.05) is 12.1 Å². The van der Waals surface area contributed by atoms with Crippen LogP contribution in [0.15, 0.2) is 34.7 Å². The van der Waals surface area contributed by atoms with Crippen molar-refractivity contribution in [2.24, 2.45) is 0 Å². The molecule has 0 aliphatic carbocycles. The third kappa shape index (κ3) is 3.55. The first-order valence-electron chi connectivity index (χ1n) is 5.63. The average Bonchev–Trinajstić information content (AvgIpc) is 2.75. The number of hydrogen-bond acceptors (Lipinski definition) is 5. The maximum Gasteiger partial charge on any atom is 0.307 e. The first kappa shape index (κ1) is 14.5. The summed E-state index contributed by atoms with van der Waals surface area (Å²) in [6, 6.07) is 6.30. The van der Waals surface area contributed by atoms with E-state index in [1.54, 1.807) is 25.1 Å². The number of carbonyl (C=O) groups is 1. The molecule has 0 radical (unpaired) electrons. The van der Waals surface area contributed by atoms with Crippen LogP contribution in [-0.2, 0) is 21.2 Å². The Bertz CT molecular complexity index is 737. The fourth-order valence-electron chi connectivity index (χ4n) is 1.59. The van der Waals surface area contributed by atoms with Gasteiger partial charge in [0.25, 0.3) is 10.0 Å². The molecule has 0 atom stereocenters. The lowest BCUT2D eigenvalue weighted by Crippen LogP contribution is -2.12. The van der Waals surface area contributed by atoms with Crippen molar-refractivity contribution >= 4 is 33.0 Å². The summed E-state index contributed by atoms with van der Waals surface area (Å²) in [5, 5.41) is 9.38. The van der Waals surface area contributed by atoms with Crippen LogP contribution in [0.3, 0.4) is 0 Å². The number of rotatable bonds is 5. The Morgan fingerprint density at radius 2 is 2.20 bits per heavy atom. The zero-order chi connectivity index (χ0) is 14.8. The number of hydrogen-bond donors (Lipinski definition) is 2. The van der Waals surface area contributed by atoms with E-state index in [4.69, 9.17) is 5.11 Å². The molecule has 0 saturated heterocycles. The van der Waals surface area contributed by atoms with Gasteiger partial charge in [0.2, 0.25) is 0 Å². The lowest BCUT2D eigenvalue weighted by Gasteiger charge is -2.07. The van der Waals surface area contributed by atoms with Gasteiger partial charge in [0.15, 0.2) is 4.21 Å². The highest BCUT2D eigenvalue weighted by molar-refractivity contribution is 7.94. The van der Waals surface area contributed by atoms with Crippen molar-refractivity contribution in [2.45, 2.75) is 17.6 Å². The minimum Gasteiger partial charge on any atom is -0.481 e. The van der Waals surface area contributed by atoms with Crippen molar-refractivity contribution in [1.29, 1.82) is 0 Å². The lowest BCUT2D eigenvalue weighted by atomic mass is 10.1. The molecule has 8 heteroatoms. The summed E-state index contributed by atoms with van der Waals surface area (Å²) in [5.41, 5.74) is 0.855. The van der Waals surface area contributed by atoms with Crippen LogP contribution >= 0.6 is 11.3 Å². The summed E-state index contributed by atoms with van der Waals surface area (Å²) in [7, 11) is -3.68. The van der Waals surface area contributed by atoms with Crippen LogP contribution in [0.5, 0.6) is 0 Å². The highest BCUT2D eigenvalue weighted by Crippen LogP contribution is 2.22. The highest BCUT2D eigenvalue weighted by atomic mass is 32.2. The molecular weight excluding hydrogens is 300 g/mol. The van der Waals surface area contributed by atoms with Crippen LogP contribution in [0.25, 0.3) is 0 Å². The van der Waals surface area contributed by atoms with Gasteiger partial charge in [-0.2, -0.15) is 0 Å². The SMILES string of the molecule is Cc1ncc(S(=O)(=O)Nc2cccc(CC(=O)O)c2)s1. The minimum absolute atomic E-state index is 0.124. The fourth-order valence-corrected chi connectivity index (χ4v) is 3.75. The number of aromatic nitrogens is 1. The summed E-state index contributed by atoms with van der Waals surface area (Å²) < 4.78 is 26.7. The first-order valence-corrected chi connectivity index (χ1v) is 7.93. The topological polar surface area (TPSA) is 96.4 Å². The Labute approximate surface area is 120 Å². The number of carboxylic acid groups (broad SMARTS) is 1. The first-order chi connectivity index (χ1) is 9.37. The number of carboxylic acids is 1. The van der Waals surface area contributed by atoms with Gasteiger partial charge in [-0.15, -0.1) is 11.3 Å². The standard InChI is InChI=1S/C12H12N2O4S2/c1-8-13-7-12(19-8)20(17,18)14-10-4-2-3-9(5-10)6-11(15)16/h2-5,7,14H,6H2,1H3,(H,15,16). The molecule has 1 heterocycles. The summed E-state index contributed by atoms with van der Waals surface area (Å²) in [6.45, 7) is 1.72. The number of aliphatic carboxylic acids is 1. The molecule has 0 bridgehead atoms. The second-order valence-corrected chi connectivity index (χ2v) is 7.22. The Morgan fingerprint density at radius 1 is 1.45 bits per heavy atom. The molecule has 0 aliphatic heterocycles. The Kier molecular flexibility index (Phi) is 4.05. The van der Waals surface area contributed by atoms with Gasteiger partial charge >= 0.3 is 5.97 Å². The molecule has 106 valence electrons. The summed E-state index contributed by atoms with van der Waals surface area (Å²) >= 11 is 1.07. The largest absolute Gasteiger partial charge is 0.481 e. The van der Waals surface area contributed by atoms with Gasteiger partial charge in [0.05, 0.1) is 17.6 Å². The molecule has 2 rings (SSSR count). The molecule has 6 nitrogen and oxygen atoms in total. The summed E-state index contributed by atoms with van der Waals surface area (Å²) in [4.78, 5) is 14.5. The van der Waals surface area contributed by atoms with Crippen LogP contribution in [0.4, 0.5) is 5.69 Å². The number of sulfonamides is 1.